The van der Waals surface area contributed by atoms with Gasteiger partial charge in [0.05, 0.1) is 32.9 Å². The van der Waals surface area contributed by atoms with Gasteiger partial charge >= 0.3 is 0 Å². The smallest absolute Gasteiger partial charge is 0.242 e. The summed E-state index contributed by atoms with van der Waals surface area (Å²) in [4.78, 5) is 17.5. The van der Waals surface area contributed by atoms with Crippen molar-refractivity contribution in [2.45, 2.75) is 45.1 Å². The number of thiazole rings is 1. The first-order valence-electron chi connectivity index (χ1n) is 9.94. The molecule has 0 aliphatic heterocycles. The van der Waals surface area contributed by atoms with Gasteiger partial charge in [-0.1, -0.05) is 19.9 Å². The average molecular weight is 462 g/mol. The van der Waals surface area contributed by atoms with Crippen LogP contribution in [-0.4, -0.2) is 32.5 Å². The highest BCUT2D eigenvalue weighted by molar-refractivity contribution is 7.89. The third-order valence-electron chi connectivity index (χ3n) is 4.71. The van der Waals surface area contributed by atoms with Gasteiger partial charge < -0.3 is 10.1 Å². The summed E-state index contributed by atoms with van der Waals surface area (Å²) in [6.45, 7) is 7.66. The molecule has 0 spiro atoms. The number of anilines is 1. The number of benzene rings is 2. The van der Waals surface area contributed by atoms with Crippen LogP contribution in [0.1, 0.15) is 30.8 Å². The lowest BCUT2D eigenvalue weighted by atomic mass is 10.0. The molecule has 3 aromatic rings. The summed E-state index contributed by atoms with van der Waals surface area (Å²) in [5.74, 6) is 0.177. The van der Waals surface area contributed by atoms with Crippen molar-refractivity contribution in [2.75, 3.05) is 12.4 Å². The van der Waals surface area contributed by atoms with Crippen molar-refractivity contribution >= 4 is 43.2 Å². The minimum atomic E-state index is -3.91. The van der Waals surface area contributed by atoms with E-state index in [2.05, 4.69) is 15.0 Å². The summed E-state index contributed by atoms with van der Waals surface area (Å²) in [5, 5.41) is 3.68. The Morgan fingerprint density at radius 2 is 1.90 bits per heavy atom. The normalized spacial score (nSPS) is 12.8. The number of ether oxygens (including phenoxy) is 1. The standard InChI is InChI=1S/C22H27N3O4S2/c1-13(2)10-19(22(26)24-18-11-14(3)6-9-20(18)29-5)25-31(27,28)16-7-8-17-21(12-16)30-15(4)23-17/h6-9,11-13,19,25H,10H2,1-5H3,(H,24,26)/t19-/m0/s1. The number of methoxy groups -OCH3 is 1. The summed E-state index contributed by atoms with van der Waals surface area (Å²) >= 11 is 1.43. The summed E-state index contributed by atoms with van der Waals surface area (Å²) in [6.07, 6.45) is 0.348. The van der Waals surface area contributed by atoms with Crippen LogP contribution in [0, 0.1) is 19.8 Å². The summed E-state index contributed by atoms with van der Waals surface area (Å²) < 4.78 is 34.8. The fraction of sp³-hybridized carbons (Fsp3) is 0.364. The van der Waals surface area contributed by atoms with Crippen molar-refractivity contribution in [3.05, 3.63) is 47.0 Å². The number of aryl methyl sites for hydroxylation is 2. The van der Waals surface area contributed by atoms with Gasteiger partial charge in [0.1, 0.15) is 11.8 Å². The van der Waals surface area contributed by atoms with Gasteiger partial charge in [-0.3, -0.25) is 4.79 Å². The van der Waals surface area contributed by atoms with Crippen LogP contribution in [0.3, 0.4) is 0 Å². The number of rotatable bonds is 8. The van der Waals surface area contributed by atoms with E-state index >= 15 is 0 Å². The molecule has 0 unspecified atom stereocenters. The van der Waals surface area contributed by atoms with E-state index in [1.54, 1.807) is 24.3 Å². The Labute approximate surface area is 186 Å². The molecule has 3 rings (SSSR count). The molecule has 1 amide bonds. The maximum atomic E-state index is 13.1. The number of hydrogen-bond donors (Lipinski definition) is 2. The van der Waals surface area contributed by atoms with E-state index in [1.165, 1.54) is 24.5 Å². The van der Waals surface area contributed by atoms with Crippen LogP contribution in [0.25, 0.3) is 10.2 Å². The highest BCUT2D eigenvalue weighted by Crippen LogP contribution is 2.27. The highest BCUT2D eigenvalue weighted by atomic mass is 32.2. The predicted octanol–water partition coefficient (Wildman–Crippen LogP) is 4.25. The van der Waals surface area contributed by atoms with Crippen LogP contribution in [0.5, 0.6) is 5.75 Å². The highest BCUT2D eigenvalue weighted by Gasteiger charge is 2.27. The second-order valence-electron chi connectivity index (χ2n) is 7.86. The maximum Gasteiger partial charge on any atom is 0.242 e. The monoisotopic (exact) mass is 461 g/mol. The van der Waals surface area contributed by atoms with Crippen LogP contribution in [0.2, 0.25) is 0 Å². The first kappa shape index (κ1) is 23.2. The zero-order valence-electron chi connectivity index (χ0n) is 18.2. The first-order chi connectivity index (χ1) is 14.6. The number of carbonyl (C=O) groups excluding carboxylic acids is 1. The van der Waals surface area contributed by atoms with Crippen LogP contribution in [-0.2, 0) is 14.8 Å². The van der Waals surface area contributed by atoms with Crippen molar-refractivity contribution in [2.24, 2.45) is 5.92 Å². The van der Waals surface area contributed by atoms with Crippen LogP contribution < -0.4 is 14.8 Å². The second-order valence-corrected chi connectivity index (χ2v) is 10.8. The molecule has 9 heteroatoms. The molecule has 0 bridgehead atoms. The summed E-state index contributed by atoms with van der Waals surface area (Å²) in [5.41, 5.74) is 2.21. The molecule has 0 radical (unpaired) electrons. The predicted molar refractivity (Wildman–Crippen MR) is 124 cm³/mol. The van der Waals surface area contributed by atoms with E-state index in [4.69, 9.17) is 4.74 Å². The SMILES string of the molecule is COc1ccc(C)cc1NC(=O)[C@H](CC(C)C)NS(=O)(=O)c1ccc2nc(C)sc2c1. The Kier molecular flexibility index (Phi) is 6.98. The van der Waals surface area contributed by atoms with E-state index in [9.17, 15) is 13.2 Å². The third kappa shape index (κ3) is 5.61. The maximum absolute atomic E-state index is 13.1. The Balaban J connectivity index is 1.87. The fourth-order valence-corrected chi connectivity index (χ4v) is 5.44. The number of carbonyl (C=O) groups is 1. The van der Waals surface area contributed by atoms with Gasteiger partial charge in [-0.05, 0) is 62.1 Å². The van der Waals surface area contributed by atoms with Crippen LogP contribution in [0.15, 0.2) is 41.3 Å². The molecule has 7 nitrogen and oxygen atoms in total. The quantitative estimate of drug-likeness (QED) is 0.523. The van der Waals surface area contributed by atoms with Crippen molar-refractivity contribution < 1.29 is 17.9 Å². The lowest BCUT2D eigenvalue weighted by Gasteiger charge is -2.21. The average Bonchev–Trinajstić information content (AvgIpc) is 3.06. The molecule has 166 valence electrons. The van der Waals surface area contributed by atoms with Crippen LogP contribution >= 0.6 is 11.3 Å². The number of amides is 1. The number of nitrogens with zero attached hydrogens (tertiary/aromatic N) is 1. The molecule has 0 aliphatic carbocycles. The van der Waals surface area contributed by atoms with E-state index in [1.807, 2.05) is 33.8 Å². The molecular formula is C22H27N3O4S2. The minimum absolute atomic E-state index is 0.101. The minimum Gasteiger partial charge on any atom is -0.495 e. The molecule has 0 saturated carbocycles. The molecule has 0 saturated heterocycles. The molecule has 2 N–H and O–H groups in total. The van der Waals surface area contributed by atoms with Gasteiger partial charge in [-0.2, -0.15) is 4.72 Å². The molecule has 1 heterocycles. The Morgan fingerprint density at radius 1 is 1.16 bits per heavy atom. The molecule has 0 fully saturated rings. The van der Waals surface area contributed by atoms with E-state index in [0.29, 0.717) is 17.9 Å². The molecule has 1 atom stereocenters. The number of hydrogen-bond acceptors (Lipinski definition) is 6. The summed E-state index contributed by atoms with van der Waals surface area (Å²) in [7, 11) is -2.39. The summed E-state index contributed by atoms with van der Waals surface area (Å²) in [6, 6.07) is 9.28. The molecule has 1 aromatic heterocycles. The number of aromatic nitrogens is 1. The zero-order chi connectivity index (χ0) is 22.8. The largest absolute Gasteiger partial charge is 0.495 e. The van der Waals surface area contributed by atoms with Gasteiger partial charge in [0.15, 0.2) is 0 Å². The van der Waals surface area contributed by atoms with Crippen LogP contribution in [0.4, 0.5) is 5.69 Å². The number of nitrogens with one attached hydrogen (secondary N) is 2. The van der Waals surface area contributed by atoms with E-state index in [-0.39, 0.29) is 10.8 Å². The Bertz CT molecular complexity index is 1200. The molecule has 31 heavy (non-hydrogen) atoms. The van der Waals surface area contributed by atoms with Crippen molar-refractivity contribution in [3.8, 4) is 5.75 Å². The first-order valence-corrected chi connectivity index (χ1v) is 12.2. The lowest BCUT2D eigenvalue weighted by molar-refractivity contribution is -0.118. The third-order valence-corrected chi connectivity index (χ3v) is 7.11. The fourth-order valence-electron chi connectivity index (χ4n) is 3.26. The van der Waals surface area contributed by atoms with Gasteiger partial charge in [-0.15, -0.1) is 11.3 Å². The van der Waals surface area contributed by atoms with E-state index < -0.39 is 22.0 Å². The van der Waals surface area contributed by atoms with Gasteiger partial charge in [0, 0.05) is 0 Å². The van der Waals surface area contributed by atoms with Crippen molar-refractivity contribution in [1.82, 2.24) is 9.71 Å². The number of fused-ring (bicyclic) bond motifs is 1. The molecular weight excluding hydrogens is 434 g/mol. The topological polar surface area (TPSA) is 97.4 Å². The Hall–Kier alpha value is -2.49. The Morgan fingerprint density at radius 3 is 2.58 bits per heavy atom. The van der Waals surface area contributed by atoms with Gasteiger partial charge in [0.2, 0.25) is 15.9 Å². The number of sulfonamides is 1. The van der Waals surface area contributed by atoms with Crippen molar-refractivity contribution in [1.29, 1.82) is 0 Å². The zero-order valence-corrected chi connectivity index (χ0v) is 19.9. The lowest BCUT2D eigenvalue weighted by Crippen LogP contribution is -2.44. The molecule has 2 aromatic carbocycles. The van der Waals surface area contributed by atoms with Gasteiger partial charge in [0.25, 0.3) is 0 Å². The second kappa shape index (κ2) is 9.33. The van der Waals surface area contributed by atoms with E-state index in [0.717, 1.165) is 20.8 Å². The molecule has 0 aliphatic rings. The van der Waals surface area contributed by atoms with Crippen molar-refractivity contribution in [3.63, 3.8) is 0 Å². The van der Waals surface area contributed by atoms with Gasteiger partial charge in [-0.25, -0.2) is 13.4 Å².